The van der Waals surface area contributed by atoms with Crippen LogP contribution in [0.3, 0.4) is 0 Å². The monoisotopic (exact) mass is 580 g/mol. The lowest BCUT2D eigenvalue weighted by Crippen LogP contribution is -2.20. The maximum atomic E-state index is 11.4. The van der Waals surface area contributed by atoms with Crippen LogP contribution in [0.15, 0.2) is 0 Å². The van der Waals surface area contributed by atoms with Crippen LogP contribution in [0, 0.1) is 11.8 Å². The van der Waals surface area contributed by atoms with Crippen molar-refractivity contribution >= 4 is 24.6 Å². The summed E-state index contributed by atoms with van der Waals surface area (Å²) in [7, 11) is 0. The van der Waals surface area contributed by atoms with Crippen LogP contribution < -0.4 is 0 Å². The first-order valence-corrected chi connectivity index (χ1v) is 14.5. The Morgan fingerprint density at radius 3 is 1.10 bits per heavy atom. The normalized spacial score (nSPS) is 13.2. The fourth-order valence-corrected chi connectivity index (χ4v) is 2.89. The number of rotatable bonds is 16. The molecule has 0 aliphatic heterocycles. The summed E-state index contributed by atoms with van der Waals surface area (Å²) in [6, 6.07) is 0. The Balaban J connectivity index is 0. The fraction of sp³-hybridized carbons (Fsp3) is 0.857. The molecule has 0 aliphatic carbocycles. The summed E-state index contributed by atoms with van der Waals surface area (Å²) in [4.78, 5) is 61.4. The predicted octanol–water partition coefficient (Wildman–Crippen LogP) is 8.45. The third kappa shape index (κ3) is 24.1. The summed E-state index contributed by atoms with van der Waals surface area (Å²) < 4.78 is 19.3. The Hall–Kier alpha value is -2.92. The molecule has 236 valence electrons. The van der Waals surface area contributed by atoms with Gasteiger partial charge >= 0.3 is 24.6 Å². The zero-order chi connectivity index (χ0) is 30.8. The van der Waals surface area contributed by atoms with Crippen LogP contribution in [-0.2, 0) is 38.5 Å². The standard InChI is InChI=1S/C18H34O6.C10H18O6/c1-5-9-11-15(7-3)13-21-17(19)23-24-18(20)22-14-16(8-4)12-10-6-2;1-5-7(3)13-9(11)15-16-10(12)14-8(4)6-2/h15-16H,5-14H2,1-4H3;7-8H,5-6H2,1-4H3. The maximum absolute atomic E-state index is 11.4. The molecule has 40 heavy (non-hydrogen) atoms. The van der Waals surface area contributed by atoms with E-state index in [9.17, 15) is 19.2 Å². The van der Waals surface area contributed by atoms with E-state index in [0.717, 1.165) is 51.4 Å². The van der Waals surface area contributed by atoms with E-state index in [1.807, 2.05) is 27.7 Å². The summed E-state index contributed by atoms with van der Waals surface area (Å²) >= 11 is 0. The van der Waals surface area contributed by atoms with Crippen molar-refractivity contribution in [1.29, 1.82) is 0 Å². The van der Waals surface area contributed by atoms with E-state index in [1.165, 1.54) is 0 Å². The zero-order valence-corrected chi connectivity index (χ0v) is 25.7. The Morgan fingerprint density at radius 2 is 0.825 bits per heavy atom. The van der Waals surface area contributed by atoms with Gasteiger partial charge in [0.25, 0.3) is 0 Å². The lowest BCUT2D eigenvalue weighted by atomic mass is 10.0. The number of carbonyl (C=O) groups is 4. The van der Waals surface area contributed by atoms with Crippen molar-refractivity contribution in [3.63, 3.8) is 0 Å². The molecule has 0 aromatic rings. The minimum absolute atomic E-state index is 0.267. The number of ether oxygens (including phenoxy) is 4. The molecule has 0 heterocycles. The molecule has 0 amide bonds. The van der Waals surface area contributed by atoms with Crippen molar-refractivity contribution in [2.75, 3.05) is 13.2 Å². The molecule has 0 fully saturated rings. The first kappa shape index (κ1) is 39.2. The van der Waals surface area contributed by atoms with Gasteiger partial charge in [-0.2, -0.15) is 38.7 Å². The van der Waals surface area contributed by atoms with Gasteiger partial charge in [-0.25, -0.2) is 0 Å². The van der Waals surface area contributed by atoms with Crippen LogP contribution in [0.25, 0.3) is 0 Å². The number of hydrogen-bond donors (Lipinski definition) is 0. The van der Waals surface area contributed by atoms with Crippen LogP contribution in [0.4, 0.5) is 19.2 Å². The second-order valence-corrected chi connectivity index (χ2v) is 9.46. The molecule has 12 heteroatoms. The molecule has 0 spiro atoms. The summed E-state index contributed by atoms with van der Waals surface area (Å²) in [6.45, 7) is 15.9. The van der Waals surface area contributed by atoms with Crippen molar-refractivity contribution in [2.45, 2.75) is 132 Å². The molecule has 0 rings (SSSR count). The fourth-order valence-electron chi connectivity index (χ4n) is 2.89. The molecular weight excluding hydrogens is 528 g/mol. The van der Waals surface area contributed by atoms with Crippen LogP contribution >= 0.6 is 0 Å². The summed E-state index contributed by atoms with van der Waals surface area (Å²) in [5.74, 6) is 0.599. The van der Waals surface area contributed by atoms with Crippen LogP contribution in [0.2, 0.25) is 0 Å². The molecule has 0 aromatic carbocycles. The van der Waals surface area contributed by atoms with Gasteiger partial charge in [-0.05, 0) is 51.4 Å². The predicted molar refractivity (Wildman–Crippen MR) is 146 cm³/mol. The number of unbranched alkanes of at least 4 members (excludes halogenated alkanes) is 2. The van der Waals surface area contributed by atoms with E-state index in [2.05, 4.69) is 42.9 Å². The average Bonchev–Trinajstić information content (AvgIpc) is 2.95. The van der Waals surface area contributed by atoms with Gasteiger partial charge in [0.2, 0.25) is 0 Å². The van der Waals surface area contributed by atoms with E-state index in [4.69, 9.17) is 9.47 Å². The molecule has 0 saturated carbocycles. The van der Waals surface area contributed by atoms with Crippen LogP contribution in [0.1, 0.15) is 120 Å². The highest BCUT2D eigenvalue weighted by atomic mass is 17.3. The van der Waals surface area contributed by atoms with Gasteiger partial charge in [-0.3, -0.25) is 0 Å². The van der Waals surface area contributed by atoms with E-state index >= 15 is 0 Å². The Bertz CT molecular complexity index is 614. The molecule has 12 nitrogen and oxygen atoms in total. The minimum atomic E-state index is -1.06. The largest absolute Gasteiger partial charge is 0.550 e. The highest BCUT2D eigenvalue weighted by Gasteiger charge is 2.17. The van der Waals surface area contributed by atoms with Crippen molar-refractivity contribution in [3.05, 3.63) is 0 Å². The highest BCUT2D eigenvalue weighted by molar-refractivity contribution is 5.64. The summed E-state index contributed by atoms with van der Waals surface area (Å²) in [6.07, 6.45) is 4.80. The van der Waals surface area contributed by atoms with Gasteiger partial charge in [-0.15, -0.1) is 0 Å². The Morgan fingerprint density at radius 1 is 0.500 bits per heavy atom. The SMILES string of the molecule is CCC(C)OC(=O)OOC(=O)OC(C)CC.CCCCC(CC)COC(=O)OOC(=O)OCC(CC)CCCC. The van der Waals surface area contributed by atoms with Crippen LogP contribution in [0.5, 0.6) is 0 Å². The van der Waals surface area contributed by atoms with Crippen LogP contribution in [-0.4, -0.2) is 50.0 Å². The van der Waals surface area contributed by atoms with Crippen molar-refractivity contribution in [2.24, 2.45) is 11.8 Å². The second kappa shape index (κ2) is 26.3. The zero-order valence-electron chi connectivity index (χ0n) is 25.7. The summed E-state index contributed by atoms with van der Waals surface area (Å²) in [5.41, 5.74) is 0. The van der Waals surface area contributed by atoms with Gasteiger partial charge in [0, 0.05) is 0 Å². The number of hydrogen-bond acceptors (Lipinski definition) is 12. The van der Waals surface area contributed by atoms with Gasteiger partial charge in [-0.1, -0.05) is 80.1 Å². The highest BCUT2D eigenvalue weighted by Crippen LogP contribution is 2.14. The molecule has 0 aliphatic rings. The molecule has 0 bridgehead atoms. The Labute approximate surface area is 239 Å². The quantitative estimate of drug-likeness (QED) is 0.0747. The molecule has 0 N–H and O–H groups in total. The Kier molecular flexibility index (Phi) is 25.8. The second-order valence-electron chi connectivity index (χ2n) is 9.46. The van der Waals surface area contributed by atoms with E-state index in [1.54, 1.807) is 13.8 Å². The first-order chi connectivity index (χ1) is 19.1. The van der Waals surface area contributed by atoms with Gasteiger partial charge < -0.3 is 18.9 Å². The molecule has 0 aromatic heterocycles. The lowest BCUT2D eigenvalue weighted by Gasteiger charge is -2.14. The number of carbonyl (C=O) groups excluding carboxylic acids is 4. The molecule has 0 saturated heterocycles. The van der Waals surface area contributed by atoms with E-state index in [0.29, 0.717) is 24.7 Å². The maximum Gasteiger partial charge on any atom is 0.550 e. The third-order valence-corrected chi connectivity index (χ3v) is 6.06. The molecule has 4 unspecified atom stereocenters. The van der Waals surface area contributed by atoms with Crippen molar-refractivity contribution < 1.29 is 57.7 Å². The topological polar surface area (TPSA) is 142 Å². The third-order valence-electron chi connectivity index (χ3n) is 6.06. The van der Waals surface area contributed by atoms with Gasteiger partial charge in [0.05, 0.1) is 13.2 Å². The molecule has 0 radical (unpaired) electrons. The van der Waals surface area contributed by atoms with Gasteiger partial charge in [0.15, 0.2) is 0 Å². The van der Waals surface area contributed by atoms with Crippen molar-refractivity contribution in [1.82, 2.24) is 0 Å². The lowest BCUT2D eigenvalue weighted by molar-refractivity contribution is -0.223. The molecule has 4 atom stereocenters. The molecular formula is C28H52O12. The first-order valence-electron chi connectivity index (χ1n) is 14.5. The summed E-state index contributed by atoms with van der Waals surface area (Å²) in [5, 5.41) is 0. The smallest absolute Gasteiger partial charge is 0.431 e. The van der Waals surface area contributed by atoms with Gasteiger partial charge in [0.1, 0.15) is 12.2 Å². The minimum Gasteiger partial charge on any atom is -0.431 e. The van der Waals surface area contributed by atoms with E-state index in [-0.39, 0.29) is 25.4 Å². The van der Waals surface area contributed by atoms with E-state index < -0.39 is 24.6 Å². The van der Waals surface area contributed by atoms with Crippen molar-refractivity contribution in [3.8, 4) is 0 Å². The average molecular weight is 581 g/mol.